The second kappa shape index (κ2) is 6.24. The van der Waals surface area contributed by atoms with Crippen LogP contribution in [-0.4, -0.2) is 37.5 Å². The van der Waals surface area contributed by atoms with Crippen LogP contribution in [0.3, 0.4) is 0 Å². The van der Waals surface area contributed by atoms with E-state index in [9.17, 15) is 4.79 Å². The third-order valence-electron chi connectivity index (χ3n) is 2.32. The highest BCUT2D eigenvalue weighted by atomic mass is 16.2. The molecule has 1 unspecified atom stereocenters. The summed E-state index contributed by atoms with van der Waals surface area (Å²) in [6.45, 7) is 11.7. The molecule has 0 aromatic heterocycles. The zero-order valence-electron chi connectivity index (χ0n) is 11.9. The highest BCUT2D eigenvalue weighted by Crippen LogP contribution is 2.13. The van der Waals surface area contributed by atoms with Gasteiger partial charge in [-0.05, 0) is 17.8 Å². The van der Waals surface area contributed by atoms with E-state index >= 15 is 0 Å². The third kappa shape index (κ3) is 6.83. The first-order valence-corrected chi connectivity index (χ1v) is 6.08. The molecule has 0 radical (unpaired) electrons. The number of nitrogens with one attached hydrogen (secondary N) is 1. The molecule has 3 nitrogen and oxygen atoms in total. The van der Waals surface area contributed by atoms with Crippen LogP contribution in [0.2, 0.25) is 0 Å². The molecular formula is C13H28N2O. The van der Waals surface area contributed by atoms with Crippen molar-refractivity contribution in [1.82, 2.24) is 10.2 Å². The van der Waals surface area contributed by atoms with Gasteiger partial charge in [0.25, 0.3) is 0 Å². The fourth-order valence-electron chi connectivity index (χ4n) is 1.48. The zero-order chi connectivity index (χ0) is 12.9. The van der Waals surface area contributed by atoms with E-state index in [0.717, 1.165) is 13.0 Å². The summed E-state index contributed by atoms with van der Waals surface area (Å²) in [5, 5.41) is 3.38. The molecule has 0 fully saturated rings. The summed E-state index contributed by atoms with van der Waals surface area (Å²) in [5.74, 6) is 0.708. The number of nitrogens with zero attached hydrogens (tertiary/aromatic N) is 1. The highest BCUT2D eigenvalue weighted by Gasteiger charge is 2.22. The number of carbonyl (C=O) groups excluding carboxylic acids is 1. The van der Waals surface area contributed by atoms with Gasteiger partial charge in [-0.15, -0.1) is 0 Å². The molecule has 0 aromatic rings. The van der Waals surface area contributed by atoms with E-state index < -0.39 is 0 Å². The van der Waals surface area contributed by atoms with Gasteiger partial charge in [-0.3, -0.25) is 4.79 Å². The summed E-state index contributed by atoms with van der Waals surface area (Å²) in [7, 11) is 3.63. The average molecular weight is 228 g/mol. The Bertz CT molecular complexity index is 216. The standard InChI is InChI=1S/C13H28N2O/c1-10(2)8-11(12(16)15(6)7)14-9-13(3,4)5/h10-11,14H,8-9H2,1-7H3. The van der Waals surface area contributed by atoms with E-state index in [1.165, 1.54) is 0 Å². The van der Waals surface area contributed by atoms with Crippen LogP contribution in [-0.2, 0) is 4.79 Å². The molecule has 0 bridgehead atoms. The highest BCUT2D eigenvalue weighted by molar-refractivity contribution is 5.81. The first kappa shape index (κ1) is 15.4. The van der Waals surface area contributed by atoms with Crippen LogP contribution in [0.5, 0.6) is 0 Å². The minimum Gasteiger partial charge on any atom is -0.347 e. The third-order valence-corrected chi connectivity index (χ3v) is 2.32. The second-order valence-corrected chi connectivity index (χ2v) is 6.36. The van der Waals surface area contributed by atoms with E-state index in [-0.39, 0.29) is 17.4 Å². The van der Waals surface area contributed by atoms with Gasteiger partial charge in [-0.2, -0.15) is 0 Å². The topological polar surface area (TPSA) is 32.3 Å². The van der Waals surface area contributed by atoms with Gasteiger partial charge < -0.3 is 10.2 Å². The van der Waals surface area contributed by atoms with Gasteiger partial charge in [-0.1, -0.05) is 34.6 Å². The Morgan fingerprint density at radius 1 is 1.25 bits per heavy atom. The minimum atomic E-state index is -0.0470. The summed E-state index contributed by atoms with van der Waals surface area (Å²) in [5.41, 5.74) is 0.210. The van der Waals surface area contributed by atoms with E-state index in [4.69, 9.17) is 0 Å². The lowest BCUT2D eigenvalue weighted by Gasteiger charge is -2.27. The summed E-state index contributed by atoms with van der Waals surface area (Å²) < 4.78 is 0. The van der Waals surface area contributed by atoms with Gasteiger partial charge in [0.05, 0.1) is 6.04 Å². The van der Waals surface area contributed by atoms with Crippen molar-refractivity contribution in [1.29, 1.82) is 0 Å². The molecule has 96 valence electrons. The fourth-order valence-corrected chi connectivity index (χ4v) is 1.48. The minimum absolute atomic E-state index is 0.0470. The quantitative estimate of drug-likeness (QED) is 0.782. The van der Waals surface area contributed by atoms with Gasteiger partial charge in [-0.25, -0.2) is 0 Å². The Labute approximate surface area is 101 Å². The van der Waals surface area contributed by atoms with Crippen LogP contribution >= 0.6 is 0 Å². The molecule has 0 spiro atoms. The predicted molar refractivity (Wildman–Crippen MR) is 69.4 cm³/mol. The van der Waals surface area contributed by atoms with Crippen molar-refractivity contribution in [3.05, 3.63) is 0 Å². The summed E-state index contributed by atoms with van der Waals surface area (Å²) in [6.07, 6.45) is 0.896. The van der Waals surface area contributed by atoms with Gasteiger partial charge in [0.15, 0.2) is 0 Å². The molecule has 0 heterocycles. The van der Waals surface area contributed by atoms with Crippen molar-refractivity contribution < 1.29 is 4.79 Å². The number of hydrogen-bond donors (Lipinski definition) is 1. The van der Waals surface area contributed by atoms with Crippen molar-refractivity contribution in [3.8, 4) is 0 Å². The fraction of sp³-hybridized carbons (Fsp3) is 0.923. The van der Waals surface area contributed by atoms with Crippen molar-refractivity contribution >= 4 is 5.91 Å². The molecular weight excluding hydrogens is 200 g/mol. The zero-order valence-corrected chi connectivity index (χ0v) is 11.9. The van der Waals surface area contributed by atoms with Crippen LogP contribution in [0.1, 0.15) is 41.0 Å². The molecule has 3 heteroatoms. The first-order valence-electron chi connectivity index (χ1n) is 6.08. The molecule has 1 N–H and O–H groups in total. The molecule has 0 aliphatic heterocycles. The lowest BCUT2D eigenvalue weighted by Crippen LogP contribution is -2.46. The van der Waals surface area contributed by atoms with Gasteiger partial charge >= 0.3 is 0 Å². The summed E-state index contributed by atoms with van der Waals surface area (Å²) in [4.78, 5) is 13.6. The van der Waals surface area contributed by atoms with Crippen molar-refractivity contribution in [2.75, 3.05) is 20.6 Å². The molecule has 1 atom stereocenters. The van der Waals surface area contributed by atoms with Crippen LogP contribution in [0.4, 0.5) is 0 Å². The largest absolute Gasteiger partial charge is 0.347 e. The van der Waals surface area contributed by atoms with Crippen molar-refractivity contribution in [2.24, 2.45) is 11.3 Å². The summed E-state index contributed by atoms with van der Waals surface area (Å²) in [6, 6.07) is -0.0470. The number of hydrogen-bond acceptors (Lipinski definition) is 2. The van der Waals surface area contributed by atoms with Crippen LogP contribution in [0.25, 0.3) is 0 Å². The molecule has 0 aromatic carbocycles. The Kier molecular flexibility index (Phi) is 6.01. The van der Waals surface area contributed by atoms with Crippen molar-refractivity contribution in [3.63, 3.8) is 0 Å². The molecule has 0 saturated carbocycles. The number of carbonyl (C=O) groups is 1. The van der Waals surface area contributed by atoms with E-state index in [0.29, 0.717) is 5.92 Å². The normalized spacial score (nSPS) is 14.0. The second-order valence-electron chi connectivity index (χ2n) is 6.36. The van der Waals surface area contributed by atoms with E-state index in [1.807, 2.05) is 14.1 Å². The van der Waals surface area contributed by atoms with Crippen LogP contribution in [0, 0.1) is 11.3 Å². The monoisotopic (exact) mass is 228 g/mol. The Morgan fingerprint density at radius 2 is 1.75 bits per heavy atom. The van der Waals surface area contributed by atoms with Crippen LogP contribution < -0.4 is 5.32 Å². The Hall–Kier alpha value is -0.570. The Morgan fingerprint density at radius 3 is 2.06 bits per heavy atom. The smallest absolute Gasteiger partial charge is 0.239 e. The first-order chi connectivity index (χ1) is 7.13. The average Bonchev–Trinajstić information content (AvgIpc) is 2.08. The lowest BCUT2D eigenvalue weighted by molar-refractivity contribution is -0.131. The number of amides is 1. The number of rotatable bonds is 5. The lowest BCUT2D eigenvalue weighted by atomic mass is 9.95. The maximum atomic E-state index is 12.0. The van der Waals surface area contributed by atoms with Gasteiger partial charge in [0, 0.05) is 20.6 Å². The van der Waals surface area contributed by atoms with E-state index in [2.05, 4.69) is 39.9 Å². The molecule has 16 heavy (non-hydrogen) atoms. The molecule has 0 saturated heterocycles. The van der Waals surface area contributed by atoms with Crippen LogP contribution in [0.15, 0.2) is 0 Å². The molecule has 0 rings (SSSR count). The van der Waals surface area contributed by atoms with Gasteiger partial charge in [0.1, 0.15) is 0 Å². The molecule has 0 aliphatic rings. The summed E-state index contributed by atoms with van der Waals surface area (Å²) >= 11 is 0. The SMILES string of the molecule is CC(C)CC(NCC(C)(C)C)C(=O)N(C)C. The molecule has 1 amide bonds. The predicted octanol–water partition coefficient (Wildman–Crippen LogP) is 2.12. The maximum Gasteiger partial charge on any atom is 0.239 e. The maximum absolute atomic E-state index is 12.0. The van der Waals surface area contributed by atoms with Gasteiger partial charge in [0.2, 0.25) is 5.91 Å². The van der Waals surface area contributed by atoms with E-state index in [1.54, 1.807) is 4.90 Å². The number of likely N-dealkylation sites (N-methyl/N-ethyl adjacent to an activating group) is 1. The molecule has 0 aliphatic carbocycles. The van der Waals surface area contributed by atoms with Crippen molar-refractivity contribution in [2.45, 2.75) is 47.1 Å². The Balaban J connectivity index is 4.38.